The summed E-state index contributed by atoms with van der Waals surface area (Å²) in [4.78, 5) is 39.8. The molecular formula is C17H23NO5. The molecule has 6 heteroatoms. The van der Waals surface area contributed by atoms with Crippen molar-refractivity contribution >= 4 is 17.7 Å². The van der Waals surface area contributed by atoms with Gasteiger partial charge in [-0.25, -0.2) is 0 Å². The summed E-state index contributed by atoms with van der Waals surface area (Å²) in [6.07, 6.45) is -0.0531. The van der Waals surface area contributed by atoms with Crippen LogP contribution in [0.1, 0.15) is 39.2 Å². The molecule has 1 atom stereocenters. The molecule has 0 saturated heterocycles. The minimum Gasteiger partial charge on any atom is -0.459 e. The van der Waals surface area contributed by atoms with E-state index < -0.39 is 23.5 Å². The van der Waals surface area contributed by atoms with E-state index in [1.807, 2.05) is 30.3 Å². The fourth-order valence-corrected chi connectivity index (χ4v) is 2.01. The number of ether oxygens (including phenoxy) is 1. The first-order valence-corrected chi connectivity index (χ1v) is 7.42. The van der Waals surface area contributed by atoms with E-state index in [4.69, 9.17) is 10.6 Å². The molecule has 0 aliphatic carbocycles. The summed E-state index contributed by atoms with van der Waals surface area (Å²) >= 11 is 0. The van der Waals surface area contributed by atoms with E-state index in [-0.39, 0.29) is 25.0 Å². The molecule has 0 aromatic heterocycles. The van der Waals surface area contributed by atoms with Crippen molar-refractivity contribution in [2.45, 2.75) is 45.6 Å². The van der Waals surface area contributed by atoms with Crippen LogP contribution in [0, 0.1) is 5.92 Å². The van der Waals surface area contributed by atoms with Gasteiger partial charge in [0, 0.05) is 6.42 Å². The van der Waals surface area contributed by atoms with E-state index in [0.717, 1.165) is 5.56 Å². The maximum atomic E-state index is 12.3. The van der Waals surface area contributed by atoms with Crippen molar-refractivity contribution in [1.29, 1.82) is 0 Å². The number of rotatable bonds is 7. The molecule has 0 amide bonds. The highest BCUT2D eigenvalue weighted by Gasteiger charge is 2.31. The van der Waals surface area contributed by atoms with Crippen LogP contribution in [0.25, 0.3) is 0 Å². The first-order valence-electron chi connectivity index (χ1n) is 7.42. The molecule has 1 rings (SSSR count). The molecule has 0 bridgehead atoms. The Kier molecular flexibility index (Phi) is 6.90. The molecular weight excluding hydrogens is 298 g/mol. The van der Waals surface area contributed by atoms with Crippen LogP contribution in [0.2, 0.25) is 0 Å². The highest BCUT2D eigenvalue weighted by atomic mass is 16.7. The van der Waals surface area contributed by atoms with Crippen LogP contribution < -0.4 is 5.90 Å². The van der Waals surface area contributed by atoms with Crippen molar-refractivity contribution in [3.63, 3.8) is 0 Å². The lowest BCUT2D eigenvalue weighted by Crippen LogP contribution is -2.34. The van der Waals surface area contributed by atoms with Gasteiger partial charge in [0.2, 0.25) is 0 Å². The van der Waals surface area contributed by atoms with Crippen molar-refractivity contribution in [2.75, 3.05) is 0 Å². The molecule has 0 aliphatic heterocycles. The summed E-state index contributed by atoms with van der Waals surface area (Å²) in [6, 6.07) is 9.18. The van der Waals surface area contributed by atoms with Crippen LogP contribution in [0.4, 0.5) is 0 Å². The number of nitrogens with two attached hydrogens (primary N) is 1. The van der Waals surface area contributed by atoms with E-state index in [2.05, 4.69) is 4.84 Å². The molecule has 2 N–H and O–H groups in total. The summed E-state index contributed by atoms with van der Waals surface area (Å²) in [7, 11) is 0. The Morgan fingerprint density at radius 2 is 1.70 bits per heavy atom. The largest absolute Gasteiger partial charge is 0.459 e. The zero-order valence-corrected chi connectivity index (χ0v) is 13.7. The average Bonchev–Trinajstić information content (AvgIpc) is 2.49. The van der Waals surface area contributed by atoms with Crippen LogP contribution in [0.5, 0.6) is 0 Å². The van der Waals surface area contributed by atoms with Gasteiger partial charge in [0.25, 0.3) is 0 Å². The fourth-order valence-electron chi connectivity index (χ4n) is 2.01. The van der Waals surface area contributed by atoms with Crippen molar-refractivity contribution in [1.82, 2.24) is 0 Å². The van der Waals surface area contributed by atoms with Crippen LogP contribution in [0.15, 0.2) is 30.3 Å². The Balaban J connectivity index is 2.85. The van der Waals surface area contributed by atoms with Gasteiger partial charge in [-0.15, -0.1) is 0 Å². The van der Waals surface area contributed by atoms with E-state index in [9.17, 15) is 14.4 Å². The van der Waals surface area contributed by atoms with Crippen LogP contribution in [0.3, 0.4) is 0 Å². The van der Waals surface area contributed by atoms with E-state index in [1.54, 1.807) is 20.8 Å². The lowest BCUT2D eigenvalue weighted by Gasteiger charge is -2.23. The number of carbonyl (C=O) groups excluding carboxylic acids is 3. The Morgan fingerprint density at radius 1 is 1.09 bits per heavy atom. The molecule has 1 aromatic carbocycles. The second-order valence-electron chi connectivity index (χ2n) is 6.23. The van der Waals surface area contributed by atoms with E-state index in [0.29, 0.717) is 0 Å². The minimum absolute atomic E-state index is 0.118. The SMILES string of the molecule is CC(C)(C)OC(=O)[C@@H](Cc1ccccc1)C(=O)CCC(=O)ON. The molecule has 0 aliphatic rings. The number of benzene rings is 1. The smallest absolute Gasteiger partial charge is 0.324 e. The van der Waals surface area contributed by atoms with Crippen LogP contribution >= 0.6 is 0 Å². The predicted octanol–water partition coefficient (Wildman–Crippen LogP) is 1.95. The maximum Gasteiger partial charge on any atom is 0.324 e. The third-order valence-electron chi connectivity index (χ3n) is 3.07. The van der Waals surface area contributed by atoms with Gasteiger partial charge >= 0.3 is 11.9 Å². The molecule has 0 spiro atoms. The average molecular weight is 321 g/mol. The lowest BCUT2D eigenvalue weighted by atomic mass is 9.92. The number of ketones is 1. The zero-order valence-electron chi connectivity index (χ0n) is 13.7. The fraction of sp³-hybridized carbons (Fsp3) is 0.471. The molecule has 1 aromatic rings. The van der Waals surface area contributed by atoms with Crippen LogP contribution in [-0.4, -0.2) is 23.3 Å². The minimum atomic E-state index is -0.956. The first kappa shape index (κ1) is 18.8. The number of Topliss-reactive ketones (excluding diaryl/α,β-unsaturated/α-hetero) is 1. The summed E-state index contributed by atoms with van der Waals surface area (Å²) in [5, 5.41) is 0. The van der Waals surface area contributed by atoms with Gasteiger partial charge in [-0.2, -0.15) is 5.90 Å². The van der Waals surface area contributed by atoms with Gasteiger partial charge in [0.05, 0.1) is 6.42 Å². The first-order chi connectivity index (χ1) is 10.7. The molecule has 6 nitrogen and oxygen atoms in total. The molecule has 0 saturated carbocycles. The van der Waals surface area contributed by atoms with Gasteiger partial charge in [-0.1, -0.05) is 30.3 Å². The molecule has 0 heterocycles. The normalized spacial score (nSPS) is 12.3. The second-order valence-corrected chi connectivity index (χ2v) is 6.23. The molecule has 126 valence electrons. The predicted molar refractivity (Wildman–Crippen MR) is 84.0 cm³/mol. The highest BCUT2D eigenvalue weighted by molar-refractivity contribution is 6.00. The third kappa shape index (κ3) is 7.06. The number of esters is 1. The van der Waals surface area contributed by atoms with Crippen molar-refractivity contribution in [2.24, 2.45) is 11.8 Å². The second kappa shape index (κ2) is 8.43. The Morgan fingerprint density at radius 3 is 2.22 bits per heavy atom. The number of carbonyl (C=O) groups is 3. The summed E-state index contributed by atoms with van der Waals surface area (Å²) in [6.45, 7) is 5.21. The van der Waals surface area contributed by atoms with Gasteiger partial charge in [0.1, 0.15) is 17.3 Å². The Labute approximate surface area is 135 Å². The topological polar surface area (TPSA) is 95.7 Å². The van der Waals surface area contributed by atoms with Crippen molar-refractivity contribution in [3.05, 3.63) is 35.9 Å². The van der Waals surface area contributed by atoms with E-state index in [1.165, 1.54) is 0 Å². The number of hydrogen-bond donors (Lipinski definition) is 1. The standard InChI is InChI=1S/C17H23NO5/c1-17(2,3)22-16(21)13(11-12-7-5-4-6-8-12)14(19)9-10-15(20)23-18/h4-8,13H,9-11,18H2,1-3H3/t13-/m0/s1. The van der Waals surface area contributed by atoms with Crippen molar-refractivity contribution < 1.29 is 24.0 Å². The van der Waals surface area contributed by atoms with E-state index >= 15 is 0 Å². The van der Waals surface area contributed by atoms with Crippen molar-refractivity contribution in [3.8, 4) is 0 Å². The highest BCUT2D eigenvalue weighted by Crippen LogP contribution is 2.18. The lowest BCUT2D eigenvalue weighted by molar-refractivity contribution is -0.162. The summed E-state index contributed by atoms with van der Waals surface area (Å²) in [5.41, 5.74) is 0.153. The van der Waals surface area contributed by atoms with Gasteiger partial charge in [-0.3, -0.25) is 14.4 Å². The summed E-state index contributed by atoms with van der Waals surface area (Å²) < 4.78 is 5.33. The molecule has 23 heavy (non-hydrogen) atoms. The zero-order chi connectivity index (χ0) is 17.5. The Bertz CT molecular complexity index is 548. The molecule has 0 fully saturated rings. The van der Waals surface area contributed by atoms with Gasteiger partial charge in [0.15, 0.2) is 0 Å². The number of hydrogen-bond acceptors (Lipinski definition) is 6. The Hall–Kier alpha value is -2.21. The van der Waals surface area contributed by atoms with Gasteiger partial charge in [-0.05, 0) is 32.8 Å². The molecule has 0 unspecified atom stereocenters. The van der Waals surface area contributed by atoms with Gasteiger partial charge < -0.3 is 9.57 Å². The third-order valence-corrected chi connectivity index (χ3v) is 3.07. The quantitative estimate of drug-likeness (QED) is 0.468. The molecule has 0 radical (unpaired) electrons. The van der Waals surface area contributed by atoms with Crippen LogP contribution in [-0.2, 0) is 30.4 Å². The monoisotopic (exact) mass is 321 g/mol. The summed E-state index contributed by atoms with van der Waals surface area (Å²) in [5.74, 6) is 2.14. The maximum absolute atomic E-state index is 12.3.